The van der Waals surface area contributed by atoms with E-state index in [0.717, 1.165) is 39.4 Å². The van der Waals surface area contributed by atoms with E-state index in [0.29, 0.717) is 89.1 Å². The number of nitrogens with zero attached hydrogens (tertiary/aromatic N) is 7. The number of hydrogen-bond donors (Lipinski definition) is 0. The Morgan fingerprint density at radius 2 is 0.588 bits per heavy atom. The molecule has 0 aliphatic carbocycles. The minimum absolute atomic E-state index is 0.000528. The zero-order valence-electron chi connectivity index (χ0n) is 41.5. The van der Waals surface area contributed by atoms with Gasteiger partial charge in [0.15, 0.2) is 0 Å². The van der Waals surface area contributed by atoms with Crippen molar-refractivity contribution in [2.24, 2.45) is 0 Å². The molecule has 0 saturated carbocycles. The summed E-state index contributed by atoms with van der Waals surface area (Å²) in [5.74, 6) is 0. The fourth-order valence-corrected chi connectivity index (χ4v) is 10.8. The number of halogens is 6. The standard InChI is InChI=1S/C67H33F6N7/c68-66(69,70)57-2-1-3-58(67(71,72)73)65(57)56-33-63(79-59-24-20-47(43-12-4-39(34-74)5-13-43)28-52(59)53-29-48(21-25-60(53)79)44-14-6-40(35-75)7-15-44)51(38-78)32-64(56)80-61-26-22-49(45-16-8-41(36-76)9-17-45)30-54(61)55-31-50(23-27-62(55)80)46-18-10-42(37-77)11-19-46/h1-33H. The molecular weight excluding hydrogens is 1020 g/mol. The summed E-state index contributed by atoms with van der Waals surface area (Å²) in [6, 6.07) is 64.9. The van der Waals surface area contributed by atoms with E-state index >= 15 is 26.3 Å². The van der Waals surface area contributed by atoms with Crippen LogP contribution >= 0.6 is 0 Å². The van der Waals surface area contributed by atoms with Crippen molar-refractivity contribution in [1.82, 2.24) is 9.13 Å². The van der Waals surface area contributed by atoms with E-state index in [1.807, 2.05) is 36.4 Å². The van der Waals surface area contributed by atoms with E-state index < -0.39 is 34.6 Å². The van der Waals surface area contributed by atoms with Crippen molar-refractivity contribution in [3.05, 3.63) is 239 Å². The van der Waals surface area contributed by atoms with E-state index in [1.54, 1.807) is 143 Å². The third-order valence-corrected chi connectivity index (χ3v) is 14.6. The molecular formula is C67H33F6N7. The number of hydrogen-bond acceptors (Lipinski definition) is 5. The highest BCUT2D eigenvalue weighted by Gasteiger charge is 2.42. The van der Waals surface area contributed by atoms with E-state index in [-0.39, 0.29) is 16.9 Å². The van der Waals surface area contributed by atoms with Crippen molar-refractivity contribution in [3.8, 4) is 97.4 Å². The lowest BCUT2D eigenvalue weighted by Crippen LogP contribution is -2.15. The van der Waals surface area contributed by atoms with Crippen LogP contribution in [0.15, 0.2) is 200 Å². The first kappa shape index (κ1) is 49.7. The van der Waals surface area contributed by atoms with Crippen molar-refractivity contribution in [2.75, 3.05) is 0 Å². The van der Waals surface area contributed by atoms with Gasteiger partial charge in [0.05, 0.1) is 96.7 Å². The number of rotatable bonds is 7. The summed E-state index contributed by atoms with van der Waals surface area (Å²) in [7, 11) is 0. The summed E-state index contributed by atoms with van der Waals surface area (Å²) in [5.41, 5.74) is 4.49. The molecule has 10 aromatic carbocycles. The fourth-order valence-electron chi connectivity index (χ4n) is 10.8. The van der Waals surface area contributed by atoms with Crippen molar-refractivity contribution >= 4 is 43.6 Å². The smallest absolute Gasteiger partial charge is 0.309 e. The molecule has 7 nitrogen and oxygen atoms in total. The molecule has 0 atom stereocenters. The average Bonchev–Trinajstić information content (AvgIpc) is 4.08. The van der Waals surface area contributed by atoms with Crippen LogP contribution in [0.4, 0.5) is 26.3 Å². The third kappa shape index (κ3) is 8.48. The van der Waals surface area contributed by atoms with Gasteiger partial charge in [0, 0.05) is 32.7 Å². The minimum atomic E-state index is -5.30. The Kier molecular flexibility index (Phi) is 11.9. The quantitative estimate of drug-likeness (QED) is 0.147. The maximum atomic E-state index is 15.7. The Hall–Kier alpha value is -11.2. The molecule has 80 heavy (non-hydrogen) atoms. The summed E-state index contributed by atoms with van der Waals surface area (Å²) < 4.78 is 97.3. The molecule has 0 bridgehead atoms. The Morgan fingerprint density at radius 1 is 0.300 bits per heavy atom. The van der Waals surface area contributed by atoms with E-state index in [9.17, 15) is 26.3 Å². The zero-order chi connectivity index (χ0) is 55.6. The maximum Gasteiger partial charge on any atom is 0.417 e. The highest BCUT2D eigenvalue weighted by atomic mass is 19.4. The monoisotopic (exact) mass is 1050 g/mol. The Labute approximate surface area is 452 Å². The minimum Gasteiger partial charge on any atom is -0.309 e. The molecule has 2 aromatic heterocycles. The molecule has 0 aliphatic rings. The summed E-state index contributed by atoms with van der Waals surface area (Å²) in [4.78, 5) is 0. The van der Waals surface area contributed by atoms with Gasteiger partial charge in [-0.25, -0.2) is 0 Å². The molecule has 13 heteroatoms. The summed E-state index contributed by atoms with van der Waals surface area (Å²) >= 11 is 0. The van der Waals surface area contributed by atoms with Crippen LogP contribution in [-0.4, -0.2) is 9.13 Å². The molecule has 0 spiro atoms. The zero-order valence-corrected chi connectivity index (χ0v) is 41.5. The average molecular weight is 1050 g/mol. The number of aromatic nitrogens is 2. The second kappa shape index (κ2) is 19.1. The second-order valence-electron chi connectivity index (χ2n) is 19.1. The number of fused-ring (bicyclic) bond motifs is 6. The van der Waals surface area contributed by atoms with Crippen LogP contribution in [0.5, 0.6) is 0 Å². The van der Waals surface area contributed by atoms with Crippen molar-refractivity contribution in [2.45, 2.75) is 12.4 Å². The van der Waals surface area contributed by atoms with Crippen LogP contribution < -0.4 is 0 Å². The van der Waals surface area contributed by atoms with Crippen LogP contribution in [0.3, 0.4) is 0 Å². The Morgan fingerprint density at radius 3 is 0.863 bits per heavy atom. The molecule has 378 valence electrons. The highest BCUT2D eigenvalue weighted by Crippen LogP contribution is 2.50. The van der Waals surface area contributed by atoms with Crippen LogP contribution in [0.1, 0.15) is 38.9 Å². The molecule has 0 fully saturated rings. The van der Waals surface area contributed by atoms with Gasteiger partial charge in [-0.2, -0.15) is 52.7 Å². The van der Waals surface area contributed by atoms with E-state index in [2.05, 4.69) is 30.3 Å². The molecule has 0 unspecified atom stereocenters. The lowest BCUT2D eigenvalue weighted by molar-refractivity contribution is -0.142. The molecule has 2 heterocycles. The first-order chi connectivity index (χ1) is 38.7. The highest BCUT2D eigenvalue weighted by molar-refractivity contribution is 6.14. The van der Waals surface area contributed by atoms with Gasteiger partial charge in [-0.3, -0.25) is 0 Å². The van der Waals surface area contributed by atoms with Gasteiger partial charge in [0.25, 0.3) is 0 Å². The first-order valence-corrected chi connectivity index (χ1v) is 24.7. The number of nitriles is 5. The molecule has 12 rings (SSSR count). The maximum absolute atomic E-state index is 15.7. The van der Waals surface area contributed by atoms with Crippen LogP contribution in [0.2, 0.25) is 0 Å². The molecule has 0 N–H and O–H groups in total. The summed E-state index contributed by atoms with van der Waals surface area (Å²) in [6.07, 6.45) is -10.6. The second-order valence-corrected chi connectivity index (χ2v) is 19.1. The lowest BCUT2D eigenvalue weighted by Gasteiger charge is -2.24. The van der Waals surface area contributed by atoms with Gasteiger partial charge in [-0.1, -0.05) is 78.9 Å². The van der Waals surface area contributed by atoms with Crippen LogP contribution in [-0.2, 0) is 12.4 Å². The van der Waals surface area contributed by atoms with Gasteiger partial charge < -0.3 is 9.13 Å². The third-order valence-electron chi connectivity index (χ3n) is 14.6. The predicted molar refractivity (Wildman–Crippen MR) is 296 cm³/mol. The predicted octanol–water partition coefficient (Wildman–Crippen LogP) is 17.6. The molecule has 0 saturated heterocycles. The number of alkyl halides is 6. The topological polar surface area (TPSA) is 129 Å². The summed E-state index contributed by atoms with van der Waals surface area (Å²) in [5, 5.41) is 52.0. The van der Waals surface area contributed by atoms with Gasteiger partial charge in [-0.15, -0.1) is 0 Å². The van der Waals surface area contributed by atoms with Gasteiger partial charge in [0.1, 0.15) is 6.07 Å². The van der Waals surface area contributed by atoms with Crippen LogP contribution in [0.25, 0.3) is 111 Å². The Balaban J connectivity index is 1.19. The van der Waals surface area contributed by atoms with E-state index in [4.69, 9.17) is 0 Å². The van der Waals surface area contributed by atoms with Crippen molar-refractivity contribution in [3.63, 3.8) is 0 Å². The molecule has 0 radical (unpaired) electrons. The Bertz CT molecular complexity index is 4500. The fraction of sp³-hybridized carbons (Fsp3) is 0.0299. The lowest BCUT2D eigenvalue weighted by atomic mass is 9.90. The van der Waals surface area contributed by atoms with Crippen molar-refractivity contribution < 1.29 is 26.3 Å². The van der Waals surface area contributed by atoms with Crippen LogP contribution in [0, 0.1) is 56.7 Å². The molecule has 12 aromatic rings. The van der Waals surface area contributed by atoms with Crippen molar-refractivity contribution in [1.29, 1.82) is 26.3 Å². The van der Waals surface area contributed by atoms with Gasteiger partial charge >= 0.3 is 12.4 Å². The van der Waals surface area contributed by atoms with E-state index in [1.165, 1.54) is 12.1 Å². The van der Waals surface area contributed by atoms with Gasteiger partial charge in [-0.05, 0) is 166 Å². The van der Waals surface area contributed by atoms with Gasteiger partial charge in [0.2, 0.25) is 0 Å². The molecule has 0 amide bonds. The number of benzene rings is 10. The summed E-state index contributed by atoms with van der Waals surface area (Å²) in [6.45, 7) is 0. The largest absolute Gasteiger partial charge is 0.417 e. The SMILES string of the molecule is N#Cc1ccc(-c2ccc3c(c2)c2cc(-c4ccc(C#N)cc4)ccc2n3-c2cc(-c3c(C(F)(F)F)cccc3C(F)(F)F)c(-n3c4ccc(-c5ccc(C#N)cc5)cc4c4cc(-c5ccc(C#N)cc5)ccc43)cc2C#N)cc1. The molecule has 0 aliphatic heterocycles. The first-order valence-electron chi connectivity index (χ1n) is 24.7. The normalized spacial score (nSPS) is 11.6.